The maximum absolute atomic E-state index is 11.8. The van der Waals surface area contributed by atoms with Gasteiger partial charge in [-0.3, -0.25) is 9.59 Å². The van der Waals surface area contributed by atoms with Crippen LogP contribution >= 0.6 is 0 Å². The fraction of sp³-hybridized carbons (Fsp3) is 0.600. The van der Waals surface area contributed by atoms with Gasteiger partial charge < -0.3 is 10.6 Å². The van der Waals surface area contributed by atoms with E-state index < -0.39 is 0 Å². The molecule has 0 aromatic heterocycles. The van der Waals surface area contributed by atoms with Crippen molar-refractivity contribution in [2.75, 3.05) is 13.1 Å². The molecule has 1 heterocycles. The van der Waals surface area contributed by atoms with Crippen molar-refractivity contribution in [2.45, 2.75) is 65.2 Å². The molecule has 0 atom stereocenters. The number of nitrogens with zero attached hydrogens (tertiary/aromatic N) is 1. The van der Waals surface area contributed by atoms with Crippen LogP contribution in [0.1, 0.15) is 62.5 Å². The van der Waals surface area contributed by atoms with E-state index >= 15 is 0 Å². The van der Waals surface area contributed by atoms with Crippen LogP contribution in [0.25, 0.3) is 0 Å². The Kier molecular flexibility index (Phi) is 9.81. The molecule has 2 amide bonds. The highest BCUT2D eigenvalue weighted by atomic mass is 16.2. The minimum atomic E-state index is -0.276. The SMILES string of the molecule is Cc1cccc(C)c1.NC(=O)CCCCC(=O)N1CCCCCC1. The Bertz CT molecular complexity index is 489. The lowest BCUT2D eigenvalue weighted by Crippen LogP contribution is -2.31. The minimum absolute atomic E-state index is 0.242. The first-order chi connectivity index (χ1) is 11.5. The van der Waals surface area contributed by atoms with E-state index in [0.717, 1.165) is 38.8 Å². The van der Waals surface area contributed by atoms with Crippen LogP contribution in [0.5, 0.6) is 0 Å². The molecule has 4 heteroatoms. The number of hydrogen-bond acceptors (Lipinski definition) is 2. The Labute approximate surface area is 146 Å². The standard InChI is InChI=1S/C12H22N2O2.C8H10/c13-11(15)7-3-4-8-12(16)14-9-5-1-2-6-10-14;1-7-4-3-5-8(2)6-7/h1-10H2,(H2,13,15);3-6H,1-2H3. The van der Waals surface area contributed by atoms with Crippen molar-refractivity contribution in [1.29, 1.82) is 0 Å². The molecule has 1 saturated heterocycles. The lowest BCUT2D eigenvalue weighted by Gasteiger charge is -2.20. The third-order valence-electron chi connectivity index (χ3n) is 4.20. The topological polar surface area (TPSA) is 63.4 Å². The highest BCUT2D eigenvalue weighted by molar-refractivity contribution is 5.76. The van der Waals surface area contributed by atoms with Gasteiger partial charge in [-0.15, -0.1) is 0 Å². The fourth-order valence-corrected chi connectivity index (χ4v) is 2.86. The molecule has 2 N–H and O–H groups in total. The molecular weight excluding hydrogens is 300 g/mol. The average Bonchev–Trinajstić information content (AvgIpc) is 2.81. The molecule has 0 radical (unpaired) electrons. The normalized spacial score (nSPS) is 14.3. The maximum atomic E-state index is 11.8. The smallest absolute Gasteiger partial charge is 0.222 e. The molecule has 2 rings (SSSR count). The number of rotatable bonds is 5. The van der Waals surface area contributed by atoms with E-state index in [9.17, 15) is 9.59 Å². The largest absolute Gasteiger partial charge is 0.370 e. The molecule has 0 aliphatic carbocycles. The number of aryl methyl sites for hydroxylation is 2. The predicted molar refractivity (Wildman–Crippen MR) is 98.6 cm³/mol. The quantitative estimate of drug-likeness (QED) is 0.835. The zero-order valence-electron chi connectivity index (χ0n) is 15.2. The van der Waals surface area contributed by atoms with E-state index in [1.165, 1.54) is 24.0 Å². The van der Waals surface area contributed by atoms with E-state index in [4.69, 9.17) is 5.73 Å². The summed E-state index contributed by atoms with van der Waals surface area (Å²) in [6.45, 7) is 6.03. The summed E-state index contributed by atoms with van der Waals surface area (Å²) in [7, 11) is 0. The van der Waals surface area contributed by atoms with E-state index in [1.54, 1.807) is 0 Å². The van der Waals surface area contributed by atoms with E-state index in [1.807, 2.05) is 4.90 Å². The molecule has 134 valence electrons. The Morgan fingerprint density at radius 1 is 0.958 bits per heavy atom. The highest BCUT2D eigenvalue weighted by Crippen LogP contribution is 2.12. The van der Waals surface area contributed by atoms with Crippen LogP contribution < -0.4 is 5.73 Å². The van der Waals surface area contributed by atoms with Crippen molar-refractivity contribution in [2.24, 2.45) is 5.73 Å². The molecule has 0 bridgehead atoms. The first kappa shape index (κ1) is 20.2. The number of likely N-dealkylation sites (tertiary alicyclic amines) is 1. The molecule has 1 aromatic carbocycles. The average molecular weight is 332 g/mol. The Morgan fingerprint density at radius 2 is 1.50 bits per heavy atom. The zero-order valence-corrected chi connectivity index (χ0v) is 15.2. The number of amides is 2. The van der Waals surface area contributed by atoms with Crippen LogP contribution in [0.3, 0.4) is 0 Å². The summed E-state index contributed by atoms with van der Waals surface area (Å²) >= 11 is 0. The summed E-state index contributed by atoms with van der Waals surface area (Å²) in [5.41, 5.74) is 7.71. The number of primary amides is 1. The molecule has 1 aliphatic heterocycles. The second-order valence-electron chi connectivity index (χ2n) is 6.63. The summed E-state index contributed by atoms with van der Waals surface area (Å²) in [6, 6.07) is 8.45. The fourth-order valence-electron chi connectivity index (χ4n) is 2.86. The van der Waals surface area contributed by atoms with Crippen molar-refractivity contribution in [3.8, 4) is 0 Å². The monoisotopic (exact) mass is 332 g/mol. The first-order valence-corrected chi connectivity index (χ1v) is 9.08. The summed E-state index contributed by atoms with van der Waals surface area (Å²) < 4.78 is 0. The van der Waals surface area contributed by atoms with E-state index in [2.05, 4.69) is 38.1 Å². The number of hydrogen-bond donors (Lipinski definition) is 1. The second kappa shape index (κ2) is 11.7. The van der Waals surface area contributed by atoms with Gasteiger partial charge >= 0.3 is 0 Å². The van der Waals surface area contributed by atoms with Crippen molar-refractivity contribution in [3.63, 3.8) is 0 Å². The van der Waals surface area contributed by atoms with E-state index in [0.29, 0.717) is 12.8 Å². The van der Waals surface area contributed by atoms with Crippen molar-refractivity contribution >= 4 is 11.8 Å². The summed E-state index contributed by atoms with van der Waals surface area (Å²) in [5.74, 6) is -0.0337. The molecule has 0 spiro atoms. The number of carbonyl (C=O) groups excluding carboxylic acids is 2. The Morgan fingerprint density at radius 3 is 1.96 bits per heavy atom. The van der Waals surface area contributed by atoms with Crippen LogP contribution in [0.15, 0.2) is 24.3 Å². The van der Waals surface area contributed by atoms with Crippen LogP contribution in [0, 0.1) is 13.8 Å². The second-order valence-corrected chi connectivity index (χ2v) is 6.63. The lowest BCUT2D eigenvalue weighted by molar-refractivity contribution is -0.131. The molecule has 0 unspecified atom stereocenters. The highest BCUT2D eigenvalue weighted by Gasteiger charge is 2.14. The molecule has 1 aromatic rings. The summed E-state index contributed by atoms with van der Waals surface area (Å²) in [5, 5.41) is 0. The van der Waals surface area contributed by atoms with Gasteiger partial charge in [0.1, 0.15) is 0 Å². The van der Waals surface area contributed by atoms with Crippen LogP contribution in [0.4, 0.5) is 0 Å². The van der Waals surface area contributed by atoms with Crippen LogP contribution in [0.2, 0.25) is 0 Å². The first-order valence-electron chi connectivity index (χ1n) is 9.08. The van der Waals surface area contributed by atoms with Gasteiger partial charge in [-0.2, -0.15) is 0 Å². The summed E-state index contributed by atoms with van der Waals surface area (Å²) in [4.78, 5) is 24.3. The Balaban J connectivity index is 0.000000300. The van der Waals surface area contributed by atoms with Crippen molar-refractivity contribution < 1.29 is 9.59 Å². The Hall–Kier alpha value is -1.84. The van der Waals surface area contributed by atoms with Gasteiger partial charge in [0, 0.05) is 25.9 Å². The van der Waals surface area contributed by atoms with E-state index in [-0.39, 0.29) is 11.8 Å². The third-order valence-corrected chi connectivity index (χ3v) is 4.20. The van der Waals surface area contributed by atoms with Gasteiger partial charge in [-0.25, -0.2) is 0 Å². The number of benzene rings is 1. The van der Waals surface area contributed by atoms with Crippen LogP contribution in [-0.2, 0) is 9.59 Å². The lowest BCUT2D eigenvalue weighted by atomic mass is 10.1. The number of unbranched alkanes of at least 4 members (excludes halogenated alkanes) is 1. The molecular formula is C20H32N2O2. The predicted octanol–water partition coefficient (Wildman–Crippen LogP) is 3.74. The van der Waals surface area contributed by atoms with Gasteiger partial charge in [0.15, 0.2) is 0 Å². The summed E-state index contributed by atoms with van der Waals surface area (Å²) in [6.07, 6.45) is 7.21. The van der Waals surface area contributed by atoms with Gasteiger partial charge in [0.2, 0.25) is 11.8 Å². The van der Waals surface area contributed by atoms with Gasteiger partial charge in [0.25, 0.3) is 0 Å². The number of carbonyl (C=O) groups is 2. The molecule has 1 aliphatic rings. The van der Waals surface area contributed by atoms with Gasteiger partial charge in [-0.05, 0) is 39.5 Å². The maximum Gasteiger partial charge on any atom is 0.222 e. The zero-order chi connectivity index (χ0) is 17.8. The van der Waals surface area contributed by atoms with Crippen molar-refractivity contribution in [1.82, 2.24) is 4.90 Å². The molecule has 1 fully saturated rings. The van der Waals surface area contributed by atoms with Crippen LogP contribution in [-0.4, -0.2) is 29.8 Å². The third kappa shape index (κ3) is 9.33. The van der Waals surface area contributed by atoms with Gasteiger partial charge in [0.05, 0.1) is 0 Å². The number of nitrogens with two attached hydrogens (primary N) is 1. The van der Waals surface area contributed by atoms with Crippen molar-refractivity contribution in [3.05, 3.63) is 35.4 Å². The minimum Gasteiger partial charge on any atom is -0.370 e. The molecule has 0 saturated carbocycles. The van der Waals surface area contributed by atoms with Gasteiger partial charge in [-0.1, -0.05) is 48.2 Å². The molecule has 4 nitrogen and oxygen atoms in total. The molecule has 24 heavy (non-hydrogen) atoms.